The zero-order chi connectivity index (χ0) is 15.2. The number of aromatic amines is 1. The summed E-state index contributed by atoms with van der Waals surface area (Å²) in [6.45, 7) is 4.46. The van der Waals surface area contributed by atoms with Crippen LogP contribution in [0.2, 0.25) is 5.02 Å². The van der Waals surface area contributed by atoms with Gasteiger partial charge in [-0.05, 0) is 24.2 Å². The highest BCUT2D eigenvalue weighted by molar-refractivity contribution is 6.32. The van der Waals surface area contributed by atoms with Gasteiger partial charge in [-0.25, -0.2) is 4.98 Å². The van der Waals surface area contributed by atoms with E-state index in [1.54, 1.807) is 18.6 Å². The molecule has 0 radical (unpaired) electrons. The molecule has 3 heterocycles. The fourth-order valence-corrected chi connectivity index (χ4v) is 4.05. The van der Waals surface area contributed by atoms with Crippen LogP contribution >= 0.6 is 11.6 Å². The van der Waals surface area contributed by atoms with Gasteiger partial charge in [0.1, 0.15) is 5.02 Å². The Hall–Kier alpha value is -1.82. The molecule has 1 saturated heterocycles. The molecule has 7 heteroatoms. The van der Waals surface area contributed by atoms with Crippen LogP contribution in [0.1, 0.15) is 26.2 Å². The molecule has 0 unspecified atom stereocenters. The van der Waals surface area contributed by atoms with Crippen LogP contribution in [0.5, 0.6) is 0 Å². The lowest BCUT2D eigenvalue weighted by Gasteiger charge is -2.24. The summed E-state index contributed by atoms with van der Waals surface area (Å²) in [7, 11) is 0. The number of hydrogen-bond donors (Lipinski definition) is 2. The number of aromatic nitrogens is 4. The number of rotatable bonds is 3. The summed E-state index contributed by atoms with van der Waals surface area (Å²) in [6, 6.07) is 0. The van der Waals surface area contributed by atoms with Crippen LogP contribution in [0.3, 0.4) is 0 Å². The first-order valence-corrected chi connectivity index (χ1v) is 8.05. The van der Waals surface area contributed by atoms with Gasteiger partial charge in [0.25, 0.3) is 0 Å². The van der Waals surface area contributed by atoms with E-state index in [4.69, 9.17) is 11.6 Å². The predicted octanol–water partition coefficient (Wildman–Crippen LogP) is 3.22. The molecule has 6 nitrogen and oxygen atoms in total. The third-order valence-electron chi connectivity index (χ3n) is 5.06. The van der Waals surface area contributed by atoms with Crippen LogP contribution in [0.15, 0.2) is 18.6 Å². The van der Waals surface area contributed by atoms with Crippen molar-refractivity contribution in [1.29, 1.82) is 0 Å². The van der Waals surface area contributed by atoms with Crippen molar-refractivity contribution in [3.63, 3.8) is 0 Å². The second kappa shape index (κ2) is 5.12. The lowest BCUT2D eigenvalue weighted by atomic mass is 9.83. The van der Waals surface area contributed by atoms with Crippen molar-refractivity contribution in [3.05, 3.63) is 23.6 Å². The van der Waals surface area contributed by atoms with E-state index in [0.717, 1.165) is 30.5 Å². The standard InChI is InChI=1S/C15H19ClN6/c1-15-4-2-3-10(15)8-22(9-15)13-12(16)7-17-14(21-13)20-11-5-18-19-6-11/h5-7,10H,2-4,8-9H2,1H3,(H,18,19)(H,17,20,21)/t10-,15+/m0/s1. The number of halogens is 1. The van der Waals surface area contributed by atoms with Crippen molar-refractivity contribution < 1.29 is 0 Å². The SMILES string of the molecule is C[C@]12CCC[C@H]1CN(c1nc(Nc3cn[nH]c3)ncc1Cl)C2. The molecule has 2 fully saturated rings. The third kappa shape index (κ3) is 2.31. The molecular formula is C15H19ClN6. The molecule has 0 aromatic carbocycles. The lowest BCUT2D eigenvalue weighted by Crippen LogP contribution is -2.25. The molecule has 2 aromatic heterocycles. The van der Waals surface area contributed by atoms with E-state index in [-0.39, 0.29) is 0 Å². The number of hydrogen-bond acceptors (Lipinski definition) is 5. The Morgan fingerprint density at radius 1 is 1.45 bits per heavy atom. The average molecular weight is 319 g/mol. The van der Waals surface area contributed by atoms with Crippen LogP contribution in [-0.4, -0.2) is 33.3 Å². The topological polar surface area (TPSA) is 69.7 Å². The first-order valence-electron chi connectivity index (χ1n) is 7.67. The van der Waals surface area contributed by atoms with Gasteiger partial charge in [0.2, 0.25) is 5.95 Å². The summed E-state index contributed by atoms with van der Waals surface area (Å²) in [5.74, 6) is 2.13. The minimum Gasteiger partial charge on any atom is -0.354 e. The normalized spacial score (nSPS) is 27.2. The maximum Gasteiger partial charge on any atom is 0.229 e. The molecule has 0 spiro atoms. The number of nitrogens with one attached hydrogen (secondary N) is 2. The Balaban J connectivity index is 1.59. The largest absolute Gasteiger partial charge is 0.354 e. The fourth-order valence-electron chi connectivity index (χ4n) is 3.84. The zero-order valence-corrected chi connectivity index (χ0v) is 13.3. The highest BCUT2D eigenvalue weighted by Gasteiger charge is 2.46. The smallest absolute Gasteiger partial charge is 0.229 e. The monoisotopic (exact) mass is 318 g/mol. The van der Waals surface area contributed by atoms with Crippen molar-refractivity contribution >= 4 is 29.1 Å². The van der Waals surface area contributed by atoms with Crippen LogP contribution in [0.25, 0.3) is 0 Å². The molecule has 2 aliphatic rings. The van der Waals surface area contributed by atoms with Crippen LogP contribution in [0, 0.1) is 11.3 Å². The molecule has 116 valence electrons. The summed E-state index contributed by atoms with van der Waals surface area (Å²) in [5.41, 5.74) is 1.24. The van der Waals surface area contributed by atoms with E-state index in [2.05, 4.69) is 37.3 Å². The Kier molecular flexibility index (Phi) is 3.22. The van der Waals surface area contributed by atoms with E-state index in [1.807, 2.05) is 0 Å². The maximum atomic E-state index is 6.35. The van der Waals surface area contributed by atoms with E-state index in [0.29, 0.717) is 16.4 Å². The number of nitrogens with zero attached hydrogens (tertiary/aromatic N) is 4. The first-order chi connectivity index (χ1) is 10.6. The molecule has 0 bridgehead atoms. The molecule has 1 saturated carbocycles. The van der Waals surface area contributed by atoms with Gasteiger partial charge >= 0.3 is 0 Å². The molecule has 2 aromatic rings. The molecule has 0 amide bonds. The van der Waals surface area contributed by atoms with Gasteiger partial charge < -0.3 is 10.2 Å². The summed E-state index contributed by atoms with van der Waals surface area (Å²) in [4.78, 5) is 11.2. The number of anilines is 3. The Bertz CT molecular complexity index is 673. The van der Waals surface area contributed by atoms with Crippen molar-refractivity contribution in [2.24, 2.45) is 11.3 Å². The molecule has 22 heavy (non-hydrogen) atoms. The fraction of sp³-hybridized carbons (Fsp3) is 0.533. The third-order valence-corrected chi connectivity index (χ3v) is 5.33. The summed E-state index contributed by atoms with van der Waals surface area (Å²) < 4.78 is 0. The minimum atomic E-state index is 0.409. The van der Waals surface area contributed by atoms with Crippen LogP contribution in [-0.2, 0) is 0 Å². The van der Waals surface area contributed by atoms with Crippen molar-refractivity contribution in [2.75, 3.05) is 23.3 Å². The van der Waals surface area contributed by atoms with Gasteiger partial charge in [-0.15, -0.1) is 0 Å². The summed E-state index contributed by atoms with van der Waals surface area (Å²) >= 11 is 6.35. The highest BCUT2D eigenvalue weighted by atomic mass is 35.5. The minimum absolute atomic E-state index is 0.409. The summed E-state index contributed by atoms with van der Waals surface area (Å²) in [6.07, 6.45) is 9.09. The number of fused-ring (bicyclic) bond motifs is 1. The van der Waals surface area contributed by atoms with Gasteiger partial charge in [0, 0.05) is 19.3 Å². The molecule has 1 aliphatic carbocycles. The van der Waals surface area contributed by atoms with E-state index >= 15 is 0 Å². The maximum absolute atomic E-state index is 6.35. The molecule has 4 rings (SSSR count). The van der Waals surface area contributed by atoms with Crippen molar-refractivity contribution in [3.8, 4) is 0 Å². The van der Waals surface area contributed by atoms with E-state index in [9.17, 15) is 0 Å². The first kappa shape index (κ1) is 13.8. The molecule has 1 aliphatic heterocycles. The number of H-pyrrole nitrogens is 1. The molecule has 2 atom stereocenters. The summed E-state index contributed by atoms with van der Waals surface area (Å²) in [5, 5.41) is 10.4. The van der Waals surface area contributed by atoms with Gasteiger partial charge in [-0.3, -0.25) is 5.10 Å². The predicted molar refractivity (Wildman–Crippen MR) is 86.6 cm³/mol. The van der Waals surface area contributed by atoms with Gasteiger partial charge in [0.05, 0.1) is 18.1 Å². The quantitative estimate of drug-likeness (QED) is 0.909. The van der Waals surface area contributed by atoms with E-state index < -0.39 is 0 Å². The molecular weight excluding hydrogens is 300 g/mol. The average Bonchev–Trinajstić information content (AvgIpc) is 3.16. The van der Waals surface area contributed by atoms with Crippen molar-refractivity contribution in [1.82, 2.24) is 20.2 Å². The highest BCUT2D eigenvalue weighted by Crippen LogP contribution is 2.49. The van der Waals surface area contributed by atoms with Gasteiger partial charge in [0.15, 0.2) is 5.82 Å². The van der Waals surface area contributed by atoms with Crippen molar-refractivity contribution in [2.45, 2.75) is 26.2 Å². The Labute approximate surface area is 134 Å². The second-order valence-corrected chi connectivity index (χ2v) is 7.01. The molecule has 2 N–H and O–H groups in total. The Morgan fingerprint density at radius 3 is 3.14 bits per heavy atom. The van der Waals surface area contributed by atoms with Crippen LogP contribution in [0.4, 0.5) is 17.5 Å². The van der Waals surface area contributed by atoms with E-state index in [1.165, 1.54) is 19.3 Å². The second-order valence-electron chi connectivity index (χ2n) is 6.60. The zero-order valence-electron chi connectivity index (χ0n) is 12.5. The van der Waals surface area contributed by atoms with Crippen LogP contribution < -0.4 is 10.2 Å². The lowest BCUT2D eigenvalue weighted by molar-refractivity contribution is 0.307. The van der Waals surface area contributed by atoms with Gasteiger partial charge in [-0.2, -0.15) is 10.1 Å². The van der Waals surface area contributed by atoms with Gasteiger partial charge in [-0.1, -0.05) is 24.9 Å². The Morgan fingerprint density at radius 2 is 2.36 bits per heavy atom.